The lowest BCUT2D eigenvalue weighted by atomic mass is 9.59. The third-order valence-corrected chi connectivity index (χ3v) is 4.75. The van der Waals surface area contributed by atoms with Crippen molar-refractivity contribution >= 4 is 0 Å². The minimum absolute atomic E-state index is 0.0972. The molecule has 1 unspecified atom stereocenters. The lowest BCUT2D eigenvalue weighted by Crippen LogP contribution is -2.51. The molecule has 2 aromatic carbocycles. The summed E-state index contributed by atoms with van der Waals surface area (Å²) in [6.45, 7) is 0. The van der Waals surface area contributed by atoms with E-state index in [1.807, 2.05) is 18.2 Å². The van der Waals surface area contributed by atoms with Crippen LogP contribution in [0.25, 0.3) is 0 Å². The van der Waals surface area contributed by atoms with Gasteiger partial charge in [-0.15, -0.1) is 0 Å². The molecule has 2 N–H and O–H groups in total. The topological polar surface area (TPSA) is 26.0 Å². The van der Waals surface area contributed by atoms with Gasteiger partial charge < -0.3 is 5.73 Å². The maximum Gasteiger partial charge on any atom is 0.126 e. The van der Waals surface area contributed by atoms with Gasteiger partial charge in [0.05, 0.1) is 0 Å². The molecule has 0 aliphatic heterocycles. The first-order valence-electron chi connectivity index (χ1n) is 7.37. The Morgan fingerprint density at radius 1 is 1.05 bits per heavy atom. The lowest BCUT2D eigenvalue weighted by molar-refractivity contribution is 0.193. The Balaban J connectivity index is 1.87. The Morgan fingerprint density at radius 2 is 1.76 bits per heavy atom. The molecule has 1 aliphatic carbocycles. The van der Waals surface area contributed by atoms with Gasteiger partial charge in [-0.25, -0.2) is 8.78 Å². The fraction of sp³-hybridized carbons (Fsp3) is 0.333. The smallest absolute Gasteiger partial charge is 0.126 e. The molecule has 0 heterocycles. The van der Waals surface area contributed by atoms with Crippen molar-refractivity contribution < 1.29 is 8.78 Å². The molecule has 110 valence electrons. The van der Waals surface area contributed by atoms with Gasteiger partial charge in [-0.05, 0) is 48.6 Å². The van der Waals surface area contributed by atoms with Gasteiger partial charge in [0.25, 0.3) is 0 Å². The van der Waals surface area contributed by atoms with E-state index in [-0.39, 0.29) is 17.3 Å². The van der Waals surface area contributed by atoms with E-state index in [1.54, 1.807) is 0 Å². The maximum absolute atomic E-state index is 13.8. The van der Waals surface area contributed by atoms with Gasteiger partial charge in [0, 0.05) is 11.5 Å². The van der Waals surface area contributed by atoms with Crippen LogP contribution in [-0.2, 0) is 11.8 Å². The standard InChI is InChI=1S/C18H19F2N/c19-15-7-8-16(20)13(11-15)12-17(21)18(9-4-10-18)14-5-2-1-3-6-14/h1-3,5-8,11,17H,4,9-10,12,21H2. The second kappa shape index (κ2) is 5.57. The predicted molar refractivity (Wildman–Crippen MR) is 80.0 cm³/mol. The van der Waals surface area contributed by atoms with E-state index in [9.17, 15) is 8.78 Å². The van der Waals surface area contributed by atoms with E-state index in [0.717, 1.165) is 25.3 Å². The van der Waals surface area contributed by atoms with Crippen molar-refractivity contribution in [1.29, 1.82) is 0 Å². The molecule has 21 heavy (non-hydrogen) atoms. The van der Waals surface area contributed by atoms with Gasteiger partial charge in [-0.3, -0.25) is 0 Å². The van der Waals surface area contributed by atoms with E-state index in [0.29, 0.717) is 12.0 Å². The molecule has 0 amide bonds. The van der Waals surface area contributed by atoms with Gasteiger partial charge in [-0.2, -0.15) is 0 Å². The summed E-state index contributed by atoms with van der Waals surface area (Å²) < 4.78 is 27.1. The van der Waals surface area contributed by atoms with Crippen molar-refractivity contribution in [2.45, 2.75) is 37.1 Å². The highest BCUT2D eigenvalue weighted by Crippen LogP contribution is 2.46. The predicted octanol–water partition coefficient (Wildman–Crippen LogP) is 3.96. The van der Waals surface area contributed by atoms with E-state index in [4.69, 9.17) is 5.73 Å². The lowest BCUT2D eigenvalue weighted by Gasteiger charge is -2.47. The molecule has 0 aromatic heterocycles. The van der Waals surface area contributed by atoms with Crippen molar-refractivity contribution in [2.24, 2.45) is 5.73 Å². The molecule has 0 saturated heterocycles. The van der Waals surface area contributed by atoms with Crippen molar-refractivity contribution in [3.05, 3.63) is 71.3 Å². The highest BCUT2D eigenvalue weighted by Gasteiger charge is 2.43. The number of hydrogen-bond donors (Lipinski definition) is 1. The van der Waals surface area contributed by atoms with Crippen LogP contribution >= 0.6 is 0 Å². The highest BCUT2D eigenvalue weighted by atomic mass is 19.1. The van der Waals surface area contributed by atoms with Crippen LogP contribution in [0.1, 0.15) is 30.4 Å². The molecule has 0 bridgehead atoms. The van der Waals surface area contributed by atoms with Crippen LogP contribution in [0.3, 0.4) is 0 Å². The Bertz CT molecular complexity index is 620. The van der Waals surface area contributed by atoms with E-state index in [1.165, 1.54) is 17.7 Å². The van der Waals surface area contributed by atoms with Crippen LogP contribution in [0.2, 0.25) is 0 Å². The number of benzene rings is 2. The first kappa shape index (κ1) is 14.2. The van der Waals surface area contributed by atoms with E-state index >= 15 is 0 Å². The van der Waals surface area contributed by atoms with Crippen LogP contribution < -0.4 is 5.73 Å². The third kappa shape index (κ3) is 2.58. The summed E-state index contributed by atoms with van der Waals surface area (Å²) in [4.78, 5) is 0. The first-order chi connectivity index (χ1) is 10.1. The van der Waals surface area contributed by atoms with Crippen LogP contribution in [0.4, 0.5) is 8.78 Å². The molecule has 0 radical (unpaired) electrons. The van der Waals surface area contributed by atoms with Gasteiger partial charge in [0.1, 0.15) is 11.6 Å². The minimum atomic E-state index is -0.416. The number of nitrogens with two attached hydrogens (primary N) is 1. The molecule has 2 aromatic rings. The van der Waals surface area contributed by atoms with E-state index < -0.39 is 5.82 Å². The molecule has 0 spiro atoms. The summed E-state index contributed by atoms with van der Waals surface area (Å²) >= 11 is 0. The summed E-state index contributed by atoms with van der Waals surface area (Å²) in [6, 6.07) is 13.5. The fourth-order valence-corrected chi connectivity index (χ4v) is 3.33. The monoisotopic (exact) mass is 287 g/mol. The van der Waals surface area contributed by atoms with Crippen LogP contribution in [-0.4, -0.2) is 6.04 Å². The zero-order valence-corrected chi connectivity index (χ0v) is 11.9. The normalized spacial score (nSPS) is 18.0. The van der Waals surface area contributed by atoms with Crippen LogP contribution in [0.5, 0.6) is 0 Å². The quantitative estimate of drug-likeness (QED) is 0.905. The molecule has 1 saturated carbocycles. The Kier molecular flexibility index (Phi) is 3.77. The molecule has 3 rings (SSSR count). The fourth-order valence-electron chi connectivity index (χ4n) is 3.33. The van der Waals surface area contributed by atoms with Crippen molar-refractivity contribution in [1.82, 2.24) is 0 Å². The molecular weight excluding hydrogens is 268 g/mol. The van der Waals surface area contributed by atoms with Crippen molar-refractivity contribution in [3.63, 3.8) is 0 Å². The summed E-state index contributed by atoms with van der Waals surface area (Å²) in [5, 5.41) is 0. The van der Waals surface area contributed by atoms with Gasteiger partial charge in [0.2, 0.25) is 0 Å². The zero-order chi connectivity index (χ0) is 14.9. The average Bonchev–Trinajstić information content (AvgIpc) is 2.43. The largest absolute Gasteiger partial charge is 0.327 e. The van der Waals surface area contributed by atoms with E-state index in [2.05, 4.69) is 12.1 Å². The number of rotatable bonds is 4. The average molecular weight is 287 g/mol. The summed E-state index contributed by atoms with van der Waals surface area (Å²) in [6.07, 6.45) is 3.51. The minimum Gasteiger partial charge on any atom is -0.327 e. The SMILES string of the molecule is NC(Cc1cc(F)ccc1F)C1(c2ccccc2)CCC1. The summed E-state index contributed by atoms with van der Waals surface area (Å²) in [5.74, 6) is -0.796. The first-order valence-corrected chi connectivity index (χ1v) is 7.37. The molecule has 1 aliphatic rings. The molecule has 3 heteroatoms. The van der Waals surface area contributed by atoms with Crippen LogP contribution in [0.15, 0.2) is 48.5 Å². The molecule has 1 atom stereocenters. The third-order valence-electron chi connectivity index (χ3n) is 4.75. The summed E-state index contributed by atoms with van der Waals surface area (Å²) in [5.41, 5.74) is 7.88. The Hall–Kier alpha value is -1.74. The zero-order valence-electron chi connectivity index (χ0n) is 11.9. The highest BCUT2D eigenvalue weighted by molar-refractivity contribution is 5.32. The number of halogens is 2. The summed E-state index contributed by atoms with van der Waals surface area (Å²) in [7, 11) is 0. The molecule has 1 nitrogen and oxygen atoms in total. The second-order valence-electron chi connectivity index (χ2n) is 5.92. The maximum atomic E-state index is 13.8. The van der Waals surface area contributed by atoms with Gasteiger partial charge >= 0.3 is 0 Å². The Morgan fingerprint density at radius 3 is 2.38 bits per heavy atom. The van der Waals surface area contributed by atoms with Crippen molar-refractivity contribution in [2.75, 3.05) is 0 Å². The van der Waals surface area contributed by atoms with Crippen molar-refractivity contribution in [3.8, 4) is 0 Å². The van der Waals surface area contributed by atoms with Crippen LogP contribution in [0, 0.1) is 11.6 Å². The Labute approximate surface area is 123 Å². The molecular formula is C18H19F2N. The second-order valence-corrected chi connectivity index (χ2v) is 5.92. The van der Waals surface area contributed by atoms with Gasteiger partial charge in [0.15, 0.2) is 0 Å². The number of hydrogen-bond acceptors (Lipinski definition) is 1. The van der Waals surface area contributed by atoms with Gasteiger partial charge in [-0.1, -0.05) is 36.8 Å². The molecule has 1 fully saturated rings.